The Morgan fingerprint density at radius 1 is 1.41 bits per heavy atom. The topological polar surface area (TPSA) is 24.9 Å². The van der Waals surface area contributed by atoms with Crippen molar-refractivity contribution in [1.29, 1.82) is 0 Å². The lowest BCUT2D eigenvalue weighted by molar-refractivity contribution is 0.637. The number of hydrogen-bond donors (Lipinski definition) is 1. The third-order valence-corrected chi connectivity index (χ3v) is 3.01. The van der Waals surface area contributed by atoms with E-state index >= 15 is 0 Å². The van der Waals surface area contributed by atoms with Crippen molar-refractivity contribution < 1.29 is 4.39 Å². The summed E-state index contributed by atoms with van der Waals surface area (Å²) < 4.78 is 13.8. The molecule has 0 amide bonds. The fraction of sp³-hybridized carbons (Fsp3) is 0.308. The van der Waals surface area contributed by atoms with Gasteiger partial charge in [-0.2, -0.15) is 0 Å². The fourth-order valence-corrected chi connectivity index (χ4v) is 2.05. The lowest BCUT2D eigenvalue weighted by Crippen LogP contribution is -2.00. The van der Waals surface area contributed by atoms with E-state index in [2.05, 4.69) is 17.2 Å². The van der Waals surface area contributed by atoms with Gasteiger partial charge in [-0.15, -0.1) is 0 Å². The Bertz CT molecular complexity index is 555. The monoisotopic (exact) mass is 252 g/mol. The van der Waals surface area contributed by atoms with E-state index in [4.69, 9.17) is 11.6 Å². The zero-order valence-electron chi connectivity index (χ0n) is 9.85. The second-order valence-electron chi connectivity index (χ2n) is 3.93. The van der Waals surface area contributed by atoms with Gasteiger partial charge in [0.05, 0.1) is 5.02 Å². The Hall–Kier alpha value is -1.35. The Kier molecular flexibility index (Phi) is 3.48. The molecule has 0 spiro atoms. The minimum Gasteiger partial charge on any atom is -0.373 e. The summed E-state index contributed by atoms with van der Waals surface area (Å²) in [5, 5.41) is 3.89. The van der Waals surface area contributed by atoms with Gasteiger partial charge in [0.2, 0.25) is 0 Å². The summed E-state index contributed by atoms with van der Waals surface area (Å²) in [6.07, 6.45) is 1.95. The van der Waals surface area contributed by atoms with E-state index in [-0.39, 0.29) is 5.02 Å². The highest BCUT2D eigenvalue weighted by molar-refractivity contribution is 6.31. The molecule has 1 heterocycles. The van der Waals surface area contributed by atoms with Gasteiger partial charge in [-0.25, -0.2) is 9.37 Å². The molecule has 2 aromatic rings. The Morgan fingerprint density at radius 3 is 2.82 bits per heavy atom. The molecular formula is C13H14ClFN2. The van der Waals surface area contributed by atoms with Crippen molar-refractivity contribution in [3.63, 3.8) is 0 Å². The molecule has 1 aromatic heterocycles. The molecule has 0 saturated carbocycles. The van der Waals surface area contributed by atoms with Gasteiger partial charge in [0, 0.05) is 12.4 Å². The van der Waals surface area contributed by atoms with Crippen LogP contribution in [0.5, 0.6) is 0 Å². The highest BCUT2D eigenvalue weighted by Gasteiger charge is 2.10. The second-order valence-corrected chi connectivity index (χ2v) is 4.34. The maximum absolute atomic E-state index is 13.8. The van der Waals surface area contributed by atoms with E-state index in [1.54, 1.807) is 19.2 Å². The van der Waals surface area contributed by atoms with Gasteiger partial charge in [-0.3, -0.25) is 0 Å². The van der Waals surface area contributed by atoms with Crippen LogP contribution in [0, 0.1) is 5.82 Å². The smallest absolute Gasteiger partial charge is 0.168 e. The summed E-state index contributed by atoms with van der Waals surface area (Å²) in [6, 6.07) is 5.33. The standard InChI is InChI=1S/C13H14ClFN2/c1-3-4-9-7-8-5-6-10(14)11(15)12(8)17-13(9)16-2/h5-7H,3-4H2,1-2H3,(H,16,17). The molecule has 0 saturated heterocycles. The fourth-order valence-electron chi connectivity index (χ4n) is 1.90. The van der Waals surface area contributed by atoms with E-state index in [9.17, 15) is 4.39 Å². The van der Waals surface area contributed by atoms with Crippen molar-refractivity contribution in [3.05, 3.63) is 34.6 Å². The molecule has 2 nitrogen and oxygen atoms in total. The van der Waals surface area contributed by atoms with Crippen LogP contribution >= 0.6 is 11.6 Å². The lowest BCUT2D eigenvalue weighted by Gasteiger charge is -2.10. The summed E-state index contributed by atoms with van der Waals surface area (Å²) in [7, 11) is 1.79. The molecule has 2 rings (SSSR count). The van der Waals surface area contributed by atoms with E-state index in [1.807, 2.05) is 6.07 Å². The number of hydrogen-bond acceptors (Lipinski definition) is 2. The third-order valence-electron chi connectivity index (χ3n) is 2.71. The molecule has 1 N–H and O–H groups in total. The van der Waals surface area contributed by atoms with Gasteiger partial charge in [0.25, 0.3) is 0 Å². The summed E-state index contributed by atoms with van der Waals surface area (Å²) in [4.78, 5) is 4.30. The number of anilines is 1. The van der Waals surface area contributed by atoms with Crippen molar-refractivity contribution in [1.82, 2.24) is 4.98 Å². The van der Waals surface area contributed by atoms with Crippen LogP contribution in [0.2, 0.25) is 5.02 Å². The maximum Gasteiger partial charge on any atom is 0.168 e. The molecule has 0 unspecified atom stereocenters. The van der Waals surface area contributed by atoms with Crippen LogP contribution in [0.3, 0.4) is 0 Å². The van der Waals surface area contributed by atoms with Crippen molar-refractivity contribution in [3.8, 4) is 0 Å². The Balaban J connectivity index is 2.69. The summed E-state index contributed by atoms with van der Waals surface area (Å²) in [5.74, 6) is 0.268. The van der Waals surface area contributed by atoms with Crippen molar-refractivity contribution in [2.45, 2.75) is 19.8 Å². The predicted molar refractivity (Wildman–Crippen MR) is 70.3 cm³/mol. The lowest BCUT2D eigenvalue weighted by atomic mass is 10.1. The van der Waals surface area contributed by atoms with Gasteiger partial charge < -0.3 is 5.32 Å². The normalized spacial score (nSPS) is 10.8. The number of rotatable bonds is 3. The molecule has 0 aliphatic heterocycles. The average molecular weight is 253 g/mol. The van der Waals surface area contributed by atoms with Gasteiger partial charge in [0.15, 0.2) is 5.82 Å². The van der Waals surface area contributed by atoms with Crippen molar-refractivity contribution in [2.24, 2.45) is 0 Å². The first-order valence-electron chi connectivity index (χ1n) is 5.62. The van der Waals surface area contributed by atoms with Gasteiger partial charge in [0.1, 0.15) is 11.3 Å². The molecule has 1 aromatic carbocycles. The number of nitrogens with zero attached hydrogens (tertiary/aromatic N) is 1. The Labute approximate surface area is 105 Å². The largest absolute Gasteiger partial charge is 0.373 e. The molecule has 0 aliphatic carbocycles. The molecule has 0 bridgehead atoms. The van der Waals surface area contributed by atoms with E-state index in [1.165, 1.54) is 0 Å². The van der Waals surface area contributed by atoms with Crippen LogP contribution in [0.4, 0.5) is 10.2 Å². The zero-order valence-corrected chi connectivity index (χ0v) is 10.6. The van der Waals surface area contributed by atoms with Crippen molar-refractivity contribution in [2.75, 3.05) is 12.4 Å². The van der Waals surface area contributed by atoms with Gasteiger partial charge in [-0.1, -0.05) is 31.0 Å². The molecule has 0 fully saturated rings. The van der Waals surface area contributed by atoms with Crippen molar-refractivity contribution >= 4 is 28.3 Å². The van der Waals surface area contributed by atoms with Crippen LogP contribution in [-0.4, -0.2) is 12.0 Å². The first-order chi connectivity index (χ1) is 8.17. The third kappa shape index (κ3) is 2.20. The number of nitrogens with one attached hydrogen (secondary N) is 1. The highest BCUT2D eigenvalue weighted by Crippen LogP contribution is 2.27. The quantitative estimate of drug-likeness (QED) is 0.892. The molecule has 90 valence electrons. The number of aromatic nitrogens is 1. The first kappa shape index (κ1) is 12.1. The van der Waals surface area contributed by atoms with Crippen LogP contribution < -0.4 is 5.32 Å². The minimum atomic E-state index is -0.455. The molecular weight excluding hydrogens is 239 g/mol. The molecule has 0 aliphatic rings. The number of halogens is 2. The van der Waals surface area contributed by atoms with E-state index < -0.39 is 5.82 Å². The second kappa shape index (κ2) is 4.88. The number of aryl methyl sites for hydroxylation is 1. The van der Waals surface area contributed by atoms with Gasteiger partial charge >= 0.3 is 0 Å². The summed E-state index contributed by atoms with van der Waals surface area (Å²) in [5.41, 5.74) is 1.42. The van der Waals surface area contributed by atoms with Crippen LogP contribution in [-0.2, 0) is 6.42 Å². The van der Waals surface area contributed by atoms with E-state index in [0.29, 0.717) is 5.52 Å². The molecule has 0 radical (unpaired) electrons. The number of benzene rings is 1. The molecule has 4 heteroatoms. The van der Waals surface area contributed by atoms with E-state index in [0.717, 1.165) is 29.6 Å². The van der Waals surface area contributed by atoms with Crippen LogP contribution in [0.15, 0.2) is 18.2 Å². The number of fused-ring (bicyclic) bond motifs is 1. The Morgan fingerprint density at radius 2 is 2.18 bits per heavy atom. The zero-order chi connectivity index (χ0) is 12.4. The van der Waals surface area contributed by atoms with Gasteiger partial charge in [-0.05, 0) is 24.1 Å². The number of pyridine rings is 1. The van der Waals surface area contributed by atoms with Crippen LogP contribution in [0.1, 0.15) is 18.9 Å². The molecule has 0 atom stereocenters. The minimum absolute atomic E-state index is 0.107. The SMILES string of the molecule is CCCc1cc2ccc(Cl)c(F)c2nc1NC. The average Bonchev–Trinajstić information content (AvgIpc) is 2.34. The predicted octanol–water partition coefficient (Wildman–Crippen LogP) is 4.02. The summed E-state index contributed by atoms with van der Waals surface area (Å²) >= 11 is 5.75. The first-order valence-corrected chi connectivity index (χ1v) is 6.00. The highest BCUT2D eigenvalue weighted by atomic mass is 35.5. The maximum atomic E-state index is 13.8. The molecule has 17 heavy (non-hydrogen) atoms. The van der Waals surface area contributed by atoms with Crippen LogP contribution in [0.25, 0.3) is 10.9 Å². The summed E-state index contributed by atoms with van der Waals surface area (Å²) in [6.45, 7) is 2.10.